The lowest BCUT2D eigenvalue weighted by molar-refractivity contribution is -0.117. The number of methoxy groups -OCH3 is 1. The number of benzene rings is 2. The van der Waals surface area contributed by atoms with E-state index in [2.05, 4.69) is 15.5 Å². The first kappa shape index (κ1) is 21.3. The van der Waals surface area contributed by atoms with Crippen molar-refractivity contribution in [3.8, 4) is 5.75 Å². The van der Waals surface area contributed by atoms with Crippen LogP contribution in [0.4, 0.5) is 10.8 Å². The molecule has 1 atom stereocenters. The van der Waals surface area contributed by atoms with Crippen molar-refractivity contribution < 1.29 is 14.3 Å². The summed E-state index contributed by atoms with van der Waals surface area (Å²) in [7, 11) is 1.60. The molecule has 1 aromatic heterocycles. The summed E-state index contributed by atoms with van der Waals surface area (Å²) in [6.07, 6.45) is 1.97. The number of rotatable bonds is 8. The highest BCUT2D eigenvalue weighted by molar-refractivity contribution is 8.02. The zero-order valence-electron chi connectivity index (χ0n) is 17.1. The van der Waals surface area contributed by atoms with Crippen LogP contribution in [0.25, 0.3) is 0 Å². The predicted molar refractivity (Wildman–Crippen MR) is 123 cm³/mol. The third-order valence-corrected chi connectivity index (χ3v) is 7.03. The fraction of sp³-hybridized carbons (Fsp3) is 0.273. The molecule has 9 heteroatoms. The number of nitrogens with zero attached hydrogens (tertiary/aromatic N) is 3. The number of aromatic nitrogens is 2. The van der Waals surface area contributed by atoms with Crippen molar-refractivity contribution >= 4 is 45.7 Å². The maximum Gasteiger partial charge on any atom is 0.242 e. The molecule has 4 rings (SSSR count). The normalized spacial score (nSPS) is 14.0. The van der Waals surface area contributed by atoms with Crippen molar-refractivity contribution in [2.24, 2.45) is 0 Å². The highest BCUT2D eigenvalue weighted by Crippen LogP contribution is 2.41. The van der Waals surface area contributed by atoms with E-state index in [1.165, 1.54) is 23.1 Å². The second-order valence-corrected chi connectivity index (χ2v) is 9.41. The summed E-state index contributed by atoms with van der Waals surface area (Å²) >= 11 is 2.67. The van der Waals surface area contributed by atoms with Crippen LogP contribution in [-0.4, -0.2) is 35.2 Å². The van der Waals surface area contributed by atoms with Crippen LogP contribution in [0, 0.1) is 0 Å². The predicted octanol–water partition coefficient (Wildman–Crippen LogP) is 4.53. The van der Waals surface area contributed by atoms with Gasteiger partial charge in [0, 0.05) is 18.7 Å². The van der Waals surface area contributed by atoms with E-state index in [-0.39, 0.29) is 17.9 Å². The van der Waals surface area contributed by atoms with E-state index in [0.29, 0.717) is 15.2 Å². The molecule has 0 unspecified atom stereocenters. The van der Waals surface area contributed by atoms with Gasteiger partial charge in [-0.2, -0.15) is 0 Å². The minimum Gasteiger partial charge on any atom is -0.497 e. The molecule has 1 heterocycles. The topological polar surface area (TPSA) is 84.4 Å². The first-order chi connectivity index (χ1) is 15.0. The second kappa shape index (κ2) is 9.49. The van der Waals surface area contributed by atoms with Crippen molar-refractivity contribution in [3.63, 3.8) is 0 Å². The van der Waals surface area contributed by atoms with Gasteiger partial charge in [-0.15, -0.1) is 10.2 Å². The average Bonchev–Trinajstić information content (AvgIpc) is 3.50. The fourth-order valence-corrected chi connectivity index (χ4v) is 5.26. The largest absolute Gasteiger partial charge is 0.497 e. The maximum absolute atomic E-state index is 13.2. The van der Waals surface area contributed by atoms with Crippen molar-refractivity contribution in [2.75, 3.05) is 17.3 Å². The van der Waals surface area contributed by atoms with Crippen molar-refractivity contribution in [1.82, 2.24) is 10.2 Å². The van der Waals surface area contributed by atoms with Gasteiger partial charge in [-0.05, 0) is 42.7 Å². The van der Waals surface area contributed by atoms with Crippen molar-refractivity contribution in [3.05, 3.63) is 60.2 Å². The molecule has 31 heavy (non-hydrogen) atoms. The molecular formula is C22H22N4O3S2. The third-order valence-electron chi connectivity index (χ3n) is 4.77. The summed E-state index contributed by atoms with van der Waals surface area (Å²) in [5.41, 5.74) is 1.54. The molecule has 3 aromatic rings. The van der Waals surface area contributed by atoms with Crippen LogP contribution >= 0.6 is 23.1 Å². The van der Waals surface area contributed by atoms with Gasteiger partial charge in [0.15, 0.2) is 4.34 Å². The van der Waals surface area contributed by atoms with Gasteiger partial charge in [0.05, 0.1) is 7.11 Å². The van der Waals surface area contributed by atoms with E-state index >= 15 is 0 Å². The van der Waals surface area contributed by atoms with Gasteiger partial charge in [0.25, 0.3) is 0 Å². The fourth-order valence-electron chi connectivity index (χ4n) is 3.11. The van der Waals surface area contributed by atoms with Crippen LogP contribution in [0.15, 0.2) is 58.9 Å². The number of carbonyl (C=O) groups excluding carboxylic acids is 2. The van der Waals surface area contributed by atoms with Crippen LogP contribution in [0.2, 0.25) is 0 Å². The number of ether oxygens (including phenoxy) is 1. The zero-order chi connectivity index (χ0) is 21.8. The minimum atomic E-state index is -0.518. The van der Waals surface area contributed by atoms with Gasteiger partial charge in [-0.25, -0.2) is 0 Å². The summed E-state index contributed by atoms with van der Waals surface area (Å²) in [6, 6.07) is 17.0. The second-order valence-electron chi connectivity index (χ2n) is 7.10. The molecule has 1 N–H and O–H groups in total. The summed E-state index contributed by atoms with van der Waals surface area (Å²) in [5.74, 6) is 0.523. The number of carbonyl (C=O) groups is 2. The molecule has 1 aliphatic carbocycles. The summed E-state index contributed by atoms with van der Waals surface area (Å²) in [6.45, 7) is 1.54. The van der Waals surface area contributed by atoms with Gasteiger partial charge in [-0.3, -0.25) is 14.5 Å². The number of anilines is 2. The Morgan fingerprint density at radius 2 is 1.84 bits per heavy atom. The van der Waals surface area contributed by atoms with E-state index in [0.717, 1.165) is 24.2 Å². The molecule has 7 nitrogen and oxygen atoms in total. The zero-order valence-corrected chi connectivity index (χ0v) is 18.8. The Balaban J connectivity index is 1.54. The number of amides is 2. The van der Waals surface area contributed by atoms with Crippen molar-refractivity contribution in [2.45, 2.75) is 35.4 Å². The molecule has 2 aromatic carbocycles. The molecule has 1 aliphatic rings. The van der Waals surface area contributed by atoms with Crippen LogP contribution in [-0.2, 0) is 9.59 Å². The monoisotopic (exact) mass is 454 g/mol. The number of hydrogen-bond donors (Lipinski definition) is 1. The number of thioether (sulfide) groups is 1. The average molecular weight is 455 g/mol. The Hall–Kier alpha value is -2.91. The Kier molecular flexibility index (Phi) is 6.53. The minimum absolute atomic E-state index is 0.0351. The number of hydrogen-bond acceptors (Lipinski definition) is 7. The molecule has 0 aliphatic heterocycles. The molecule has 0 bridgehead atoms. The lowest BCUT2D eigenvalue weighted by Gasteiger charge is -2.16. The molecule has 0 radical (unpaired) electrons. The van der Waals surface area contributed by atoms with Crippen LogP contribution in [0.3, 0.4) is 0 Å². The van der Waals surface area contributed by atoms with Crippen LogP contribution < -0.4 is 15.0 Å². The molecular weight excluding hydrogens is 432 g/mol. The van der Waals surface area contributed by atoms with E-state index in [1.54, 1.807) is 43.2 Å². The molecule has 160 valence electrons. The third kappa shape index (κ3) is 5.23. The Morgan fingerprint density at radius 1 is 1.13 bits per heavy atom. The quantitative estimate of drug-likeness (QED) is 0.398. The summed E-state index contributed by atoms with van der Waals surface area (Å²) in [4.78, 5) is 26.9. The Bertz CT molecular complexity index is 1050. The maximum atomic E-state index is 13.2. The summed E-state index contributed by atoms with van der Waals surface area (Å²) < 4.78 is 5.81. The van der Waals surface area contributed by atoms with E-state index in [4.69, 9.17) is 4.74 Å². The smallest absolute Gasteiger partial charge is 0.242 e. The first-order valence-corrected chi connectivity index (χ1v) is 11.5. The van der Waals surface area contributed by atoms with Crippen LogP contribution in [0.1, 0.15) is 30.6 Å². The number of nitrogens with one attached hydrogen (secondary N) is 1. The van der Waals surface area contributed by atoms with Crippen molar-refractivity contribution in [1.29, 1.82) is 0 Å². The SMILES string of the molecule is COc1ccc(NC(=O)[C@H](Sc2nnc(N(C(C)=O)C3CC3)s2)c2ccccc2)cc1. The molecule has 2 amide bonds. The molecule has 1 fully saturated rings. The lowest BCUT2D eigenvalue weighted by atomic mass is 10.1. The molecule has 0 saturated heterocycles. The molecule has 1 saturated carbocycles. The highest BCUT2D eigenvalue weighted by Gasteiger charge is 2.34. The van der Waals surface area contributed by atoms with E-state index in [9.17, 15) is 9.59 Å². The van der Waals surface area contributed by atoms with Gasteiger partial charge < -0.3 is 10.1 Å². The van der Waals surface area contributed by atoms with Crippen LogP contribution in [0.5, 0.6) is 5.75 Å². The van der Waals surface area contributed by atoms with Gasteiger partial charge in [0.2, 0.25) is 16.9 Å². The van der Waals surface area contributed by atoms with E-state index < -0.39 is 5.25 Å². The van der Waals surface area contributed by atoms with Gasteiger partial charge in [-0.1, -0.05) is 53.4 Å². The van der Waals surface area contributed by atoms with Gasteiger partial charge in [0.1, 0.15) is 11.0 Å². The Labute approximate surface area is 188 Å². The molecule has 0 spiro atoms. The first-order valence-electron chi connectivity index (χ1n) is 9.85. The highest BCUT2D eigenvalue weighted by atomic mass is 32.2. The summed E-state index contributed by atoms with van der Waals surface area (Å²) in [5, 5.41) is 11.5. The van der Waals surface area contributed by atoms with E-state index in [1.807, 2.05) is 30.3 Å². The standard InChI is InChI=1S/C22H22N4O3S2/c1-14(27)26(17-10-11-17)21-24-25-22(31-21)30-19(15-6-4-3-5-7-15)20(28)23-16-8-12-18(29-2)13-9-16/h3-9,12-13,17,19H,10-11H2,1-2H3,(H,23,28)/t19-/m1/s1. The van der Waals surface area contributed by atoms with Gasteiger partial charge >= 0.3 is 0 Å². The lowest BCUT2D eigenvalue weighted by Crippen LogP contribution is -2.30. The Morgan fingerprint density at radius 3 is 2.45 bits per heavy atom.